The number of hydrogen-bond acceptors (Lipinski definition) is 1. The Morgan fingerprint density at radius 3 is 2.14 bits per heavy atom. The van der Waals surface area contributed by atoms with Crippen molar-refractivity contribution < 1.29 is 4.74 Å². The summed E-state index contributed by atoms with van der Waals surface area (Å²) in [6.45, 7) is 0. The van der Waals surface area contributed by atoms with Gasteiger partial charge in [0.1, 0.15) is 10.1 Å². The summed E-state index contributed by atoms with van der Waals surface area (Å²) in [5, 5.41) is 0.664. The first-order valence-electron chi connectivity index (χ1n) is 6.42. The van der Waals surface area contributed by atoms with Crippen LogP contribution in [0.25, 0.3) is 0 Å². The molecule has 2 aromatic carbocycles. The summed E-state index contributed by atoms with van der Waals surface area (Å²) in [6, 6.07) is 13.7. The van der Waals surface area contributed by atoms with E-state index in [1.54, 1.807) is 7.11 Å². The summed E-state index contributed by atoms with van der Waals surface area (Å²) in [4.78, 5) is 0. The van der Waals surface area contributed by atoms with Crippen molar-refractivity contribution in [2.75, 3.05) is 7.11 Å². The third kappa shape index (κ3) is 2.79. The molecule has 1 saturated carbocycles. The van der Waals surface area contributed by atoms with Gasteiger partial charge in [0.15, 0.2) is 0 Å². The lowest BCUT2D eigenvalue weighted by atomic mass is 10.0. The van der Waals surface area contributed by atoms with E-state index < -0.39 is 4.33 Å². The van der Waals surface area contributed by atoms with E-state index in [1.165, 1.54) is 0 Å². The molecule has 1 aliphatic carbocycles. The van der Waals surface area contributed by atoms with Crippen molar-refractivity contribution in [1.29, 1.82) is 0 Å². The average Bonchev–Trinajstić information content (AvgIpc) is 3.04. The van der Waals surface area contributed by atoms with Crippen molar-refractivity contribution >= 4 is 50.7 Å². The summed E-state index contributed by atoms with van der Waals surface area (Å²) in [5.74, 6) is 0.918. The molecular formula is C16H12BrCl3O. The van der Waals surface area contributed by atoms with Gasteiger partial charge < -0.3 is 4.74 Å². The number of halogens is 4. The molecule has 0 radical (unpaired) electrons. The lowest BCUT2D eigenvalue weighted by Gasteiger charge is -2.04. The highest BCUT2D eigenvalue weighted by Gasteiger charge is 2.64. The Labute approximate surface area is 147 Å². The summed E-state index contributed by atoms with van der Waals surface area (Å²) in [7, 11) is 1.64. The van der Waals surface area contributed by atoms with E-state index in [0.29, 0.717) is 5.02 Å². The van der Waals surface area contributed by atoms with Crippen LogP contribution in [-0.2, 0) is 0 Å². The van der Waals surface area contributed by atoms with Crippen molar-refractivity contribution in [2.24, 2.45) is 0 Å². The van der Waals surface area contributed by atoms with Gasteiger partial charge in [0.25, 0.3) is 0 Å². The second kappa shape index (κ2) is 5.66. The summed E-state index contributed by atoms with van der Waals surface area (Å²) >= 11 is 22.5. The molecule has 2 aromatic rings. The Bertz CT molecular complexity index is 670. The van der Waals surface area contributed by atoms with Crippen molar-refractivity contribution in [3.63, 3.8) is 0 Å². The minimum atomic E-state index is -0.800. The number of benzene rings is 2. The number of hydrogen-bond donors (Lipinski definition) is 0. The maximum atomic E-state index is 6.49. The zero-order chi connectivity index (χ0) is 15.2. The van der Waals surface area contributed by atoms with Gasteiger partial charge in [-0.1, -0.05) is 29.8 Å². The van der Waals surface area contributed by atoms with Crippen LogP contribution in [0.2, 0.25) is 5.02 Å². The smallest absolute Gasteiger partial charge is 0.133 e. The third-order valence-electron chi connectivity index (χ3n) is 3.83. The molecule has 3 rings (SSSR count). The quantitative estimate of drug-likeness (QED) is 0.554. The van der Waals surface area contributed by atoms with Crippen LogP contribution < -0.4 is 4.74 Å². The van der Waals surface area contributed by atoms with Gasteiger partial charge in [-0.25, -0.2) is 0 Å². The van der Waals surface area contributed by atoms with Crippen LogP contribution in [0.4, 0.5) is 0 Å². The maximum Gasteiger partial charge on any atom is 0.133 e. The minimum absolute atomic E-state index is 0.0415. The van der Waals surface area contributed by atoms with Gasteiger partial charge in [-0.3, -0.25) is 0 Å². The number of ether oxygens (including phenoxy) is 1. The molecule has 21 heavy (non-hydrogen) atoms. The normalized spacial score (nSPS) is 22.9. The SMILES string of the molecule is COc1ccc(C2C(c3ccc(Br)c(Cl)c3)C2(Cl)Cl)cc1. The Balaban J connectivity index is 1.91. The highest BCUT2D eigenvalue weighted by Crippen LogP contribution is 2.70. The Hall–Kier alpha value is -0.410. The zero-order valence-corrected chi connectivity index (χ0v) is 15.0. The second-order valence-electron chi connectivity index (χ2n) is 5.08. The van der Waals surface area contributed by atoms with Crippen molar-refractivity contribution in [1.82, 2.24) is 0 Å². The monoisotopic (exact) mass is 404 g/mol. The molecule has 2 atom stereocenters. The van der Waals surface area contributed by atoms with E-state index in [-0.39, 0.29) is 11.8 Å². The molecule has 0 aromatic heterocycles. The van der Waals surface area contributed by atoms with Gasteiger partial charge in [-0.2, -0.15) is 0 Å². The number of methoxy groups -OCH3 is 1. The lowest BCUT2D eigenvalue weighted by molar-refractivity contribution is 0.414. The maximum absolute atomic E-state index is 6.49. The van der Waals surface area contributed by atoms with Gasteiger partial charge in [0.05, 0.1) is 12.1 Å². The predicted molar refractivity (Wildman–Crippen MR) is 92.1 cm³/mol. The van der Waals surface area contributed by atoms with E-state index >= 15 is 0 Å². The minimum Gasteiger partial charge on any atom is -0.497 e. The summed E-state index contributed by atoms with van der Waals surface area (Å²) in [5.41, 5.74) is 2.15. The Morgan fingerprint density at radius 1 is 1.00 bits per heavy atom. The second-order valence-corrected chi connectivity index (χ2v) is 7.78. The van der Waals surface area contributed by atoms with E-state index in [4.69, 9.17) is 39.5 Å². The lowest BCUT2D eigenvalue weighted by Crippen LogP contribution is -1.91. The standard InChI is InChI=1S/C16H12BrCl3O/c1-21-11-5-2-9(3-6-11)14-15(16(14,19)20)10-4-7-12(17)13(18)8-10/h2-8,14-15H,1H3. The largest absolute Gasteiger partial charge is 0.497 e. The van der Waals surface area contributed by atoms with Gasteiger partial charge >= 0.3 is 0 Å². The van der Waals surface area contributed by atoms with Crippen LogP contribution in [0.3, 0.4) is 0 Å². The molecule has 0 heterocycles. The molecule has 0 spiro atoms. The van der Waals surface area contributed by atoms with Crippen LogP contribution in [0.1, 0.15) is 23.0 Å². The Kier molecular flexibility index (Phi) is 4.17. The van der Waals surface area contributed by atoms with Crippen LogP contribution in [0.5, 0.6) is 5.75 Å². The molecule has 0 aliphatic heterocycles. The van der Waals surface area contributed by atoms with E-state index in [0.717, 1.165) is 21.3 Å². The molecule has 1 aliphatic rings. The molecule has 0 N–H and O–H groups in total. The van der Waals surface area contributed by atoms with Gasteiger partial charge in [0, 0.05) is 16.3 Å². The zero-order valence-electron chi connectivity index (χ0n) is 11.1. The van der Waals surface area contributed by atoms with E-state index in [9.17, 15) is 0 Å². The first-order valence-corrected chi connectivity index (χ1v) is 8.34. The van der Waals surface area contributed by atoms with Crippen molar-refractivity contribution in [3.8, 4) is 5.75 Å². The van der Waals surface area contributed by atoms with Crippen molar-refractivity contribution in [2.45, 2.75) is 16.2 Å². The fraction of sp³-hybridized carbons (Fsp3) is 0.250. The first-order chi connectivity index (χ1) is 9.95. The summed E-state index contributed by atoms with van der Waals surface area (Å²) < 4.78 is 5.24. The molecule has 2 unspecified atom stereocenters. The van der Waals surface area contributed by atoms with Crippen LogP contribution in [-0.4, -0.2) is 11.4 Å². The van der Waals surface area contributed by atoms with Gasteiger partial charge in [-0.15, -0.1) is 23.2 Å². The highest BCUT2D eigenvalue weighted by atomic mass is 79.9. The molecular weight excluding hydrogens is 394 g/mol. The number of rotatable bonds is 3. The molecule has 110 valence electrons. The predicted octanol–water partition coefficient (Wildman–Crippen LogP) is 6.17. The molecule has 0 saturated heterocycles. The average molecular weight is 407 g/mol. The molecule has 5 heteroatoms. The topological polar surface area (TPSA) is 9.23 Å². The van der Waals surface area contributed by atoms with Crippen LogP contribution in [0, 0.1) is 0 Å². The number of alkyl halides is 2. The van der Waals surface area contributed by atoms with Gasteiger partial charge in [0.2, 0.25) is 0 Å². The molecule has 1 nitrogen and oxygen atoms in total. The summed E-state index contributed by atoms with van der Waals surface area (Å²) in [6.07, 6.45) is 0. The first kappa shape index (κ1) is 15.5. The fourth-order valence-corrected chi connectivity index (χ4v) is 3.99. The van der Waals surface area contributed by atoms with Crippen molar-refractivity contribution in [3.05, 3.63) is 63.1 Å². The molecule has 1 fully saturated rings. The fourth-order valence-electron chi connectivity index (χ4n) is 2.67. The molecule has 0 amide bonds. The van der Waals surface area contributed by atoms with Crippen LogP contribution >= 0.6 is 50.7 Å². The Morgan fingerprint density at radius 2 is 1.57 bits per heavy atom. The van der Waals surface area contributed by atoms with E-state index in [2.05, 4.69) is 15.9 Å². The van der Waals surface area contributed by atoms with Gasteiger partial charge in [-0.05, 0) is 51.3 Å². The van der Waals surface area contributed by atoms with Crippen LogP contribution in [0.15, 0.2) is 46.9 Å². The molecule has 0 bridgehead atoms. The van der Waals surface area contributed by atoms with E-state index in [1.807, 2.05) is 42.5 Å². The highest BCUT2D eigenvalue weighted by molar-refractivity contribution is 9.10. The third-order valence-corrected chi connectivity index (χ3v) is 6.00.